The number of anilines is 1. The fourth-order valence-electron chi connectivity index (χ4n) is 2.36. The van der Waals surface area contributed by atoms with E-state index >= 15 is 0 Å². The summed E-state index contributed by atoms with van der Waals surface area (Å²) in [5, 5.41) is 10.5. The van der Waals surface area contributed by atoms with Gasteiger partial charge in [-0.15, -0.1) is 0 Å². The third kappa shape index (κ3) is 6.35. The van der Waals surface area contributed by atoms with Crippen LogP contribution in [0.1, 0.15) is 5.56 Å². The Morgan fingerprint density at radius 1 is 1.04 bits per heavy atom. The Balaban J connectivity index is 2.01. The number of sulfone groups is 1. The summed E-state index contributed by atoms with van der Waals surface area (Å²) in [4.78, 5) is 11.4. The van der Waals surface area contributed by atoms with E-state index in [1.54, 1.807) is 0 Å². The molecule has 0 aliphatic heterocycles. The molecule has 0 aliphatic rings. The number of rotatable bonds is 8. The first kappa shape index (κ1) is 20.9. The maximum atomic E-state index is 12.0. The third-order valence-corrected chi connectivity index (χ3v) is 5.75. The van der Waals surface area contributed by atoms with Crippen molar-refractivity contribution in [3.05, 3.63) is 54.1 Å². The molecular weight excluding hydrogens is 390 g/mol. The molecule has 2 aromatic rings. The van der Waals surface area contributed by atoms with Gasteiger partial charge in [-0.25, -0.2) is 22.0 Å². The Morgan fingerprint density at radius 3 is 2.30 bits per heavy atom. The first-order chi connectivity index (χ1) is 12.6. The lowest BCUT2D eigenvalue weighted by Crippen LogP contribution is -2.31. The lowest BCUT2D eigenvalue weighted by atomic mass is 10.1. The Kier molecular flexibility index (Phi) is 6.58. The molecule has 0 unspecified atom stereocenters. The molecule has 0 aromatic heterocycles. The van der Waals surface area contributed by atoms with Crippen LogP contribution in [0.4, 0.5) is 5.69 Å². The van der Waals surface area contributed by atoms with E-state index in [9.17, 15) is 21.6 Å². The Morgan fingerprint density at radius 2 is 1.70 bits per heavy atom. The summed E-state index contributed by atoms with van der Waals surface area (Å²) in [6, 6.07) is 13.1. The van der Waals surface area contributed by atoms with Crippen molar-refractivity contribution >= 4 is 31.5 Å². The number of hydrogen-bond acceptors (Lipinski definition) is 6. The van der Waals surface area contributed by atoms with Crippen molar-refractivity contribution in [3.63, 3.8) is 0 Å². The number of carbonyl (C=O) groups is 1. The van der Waals surface area contributed by atoms with Gasteiger partial charge in [-0.3, -0.25) is 4.79 Å². The molecule has 10 heteroatoms. The van der Waals surface area contributed by atoms with E-state index in [0.29, 0.717) is 13.0 Å². The van der Waals surface area contributed by atoms with Gasteiger partial charge in [0.05, 0.1) is 22.0 Å². The van der Waals surface area contributed by atoms with Crippen molar-refractivity contribution in [2.75, 3.05) is 24.7 Å². The normalized spacial score (nSPS) is 11.8. The van der Waals surface area contributed by atoms with Gasteiger partial charge in [-0.05, 0) is 30.2 Å². The highest BCUT2D eigenvalue weighted by Gasteiger charge is 2.18. The molecule has 2 aromatic carbocycles. The van der Waals surface area contributed by atoms with Crippen LogP contribution in [0.25, 0.3) is 0 Å². The highest BCUT2D eigenvalue weighted by molar-refractivity contribution is 7.91. The molecule has 2 rings (SSSR count). The van der Waals surface area contributed by atoms with Crippen molar-refractivity contribution in [1.29, 1.82) is 0 Å². The smallest absolute Gasteiger partial charge is 0.239 e. The van der Waals surface area contributed by atoms with Gasteiger partial charge in [-0.2, -0.15) is 0 Å². The van der Waals surface area contributed by atoms with Crippen LogP contribution in [-0.4, -0.2) is 42.1 Å². The SMILES string of the molecule is CS(=O)(=O)c1cc(S(N)(=O)=O)ccc1NCC(=O)NCCc1ccccc1. The van der Waals surface area contributed by atoms with Crippen LogP contribution in [0, 0.1) is 0 Å². The van der Waals surface area contributed by atoms with Crippen LogP contribution in [0.15, 0.2) is 58.3 Å². The van der Waals surface area contributed by atoms with Gasteiger partial charge in [-0.1, -0.05) is 30.3 Å². The van der Waals surface area contributed by atoms with Gasteiger partial charge < -0.3 is 10.6 Å². The fourth-order valence-corrected chi connectivity index (χ4v) is 3.86. The molecule has 0 fully saturated rings. The van der Waals surface area contributed by atoms with Crippen molar-refractivity contribution in [3.8, 4) is 0 Å². The van der Waals surface area contributed by atoms with Crippen LogP contribution < -0.4 is 15.8 Å². The first-order valence-electron chi connectivity index (χ1n) is 7.99. The minimum atomic E-state index is -4.04. The Hall–Kier alpha value is -2.43. The molecule has 0 bridgehead atoms. The monoisotopic (exact) mass is 411 g/mol. The second kappa shape index (κ2) is 8.51. The summed E-state index contributed by atoms with van der Waals surface area (Å²) in [7, 11) is -7.77. The van der Waals surface area contributed by atoms with Gasteiger partial charge in [0.2, 0.25) is 15.9 Å². The summed E-state index contributed by atoms with van der Waals surface area (Å²) in [5.74, 6) is -0.319. The van der Waals surface area contributed by atoms with Gasteiger partial charge in [0, 0.05) is 12.8 Å². The fraction of sp³-hybridized carbons (Fsp3) is 0.235. The molecule has 0 saturated carbocycles. The molecule has 27 heavy (non-hydrogen) atoms. The average molecular weight is 412 g/mol. The van der Waals surface area contributed by atoms with Crippen molar-refractivity contribution < 1.29 is 21.6 Å². The van der Waals surface area contributed by atoms with E-state index in [2.05, 4.69) is 10.6 Å². The van der Waals surface area contributed by atoms with Crippen LogP contribution in [0.3, 0.4) is 0 Å². The summed E-state index contributed by atoms with van der Waals surface area (Å²) in [5.41, 5.74) is 1.21. The Bertz CT molecular complexity index is 1020. The van der Waals surface area contributed by atoms with E-state index in [4.69, 9.17) is 5.14 Å². The quantitative estimate of drug-likeness (QED) is 0.579. The lowest BCUT2D eigenvalue weighted by molar-refractivity contribution is -0.119. The number of hydrogen-bond donors (Lipinski definition) is 3. The first-order valence-corrected chi connectivity index (χ1v) is 11.4. The minimum Gasteiger partial charge on any atom is -0.375 e. The number of nitrogens with two attached hydrogens (primary N) is 1. The number of benzene rings is 2. The molecule has 1 amide bonds. The highest BCUT2D eigenvalue weighted by atomic mass is 32.2. The zero-order valence-corrected chi connectivity index (χ0v) is 16.3. The molecule has 0 aliphatic carbocycles. The van der Waals surface area contributed by atoms with E-state index in [0.717, 1.165) is 17.9 Å². The highest BCUT2D eigenvalue weighted by Crippen LogP contribution is 2.24. The third-order valence-electron chi connectivity index (χ3n) is 3.70. The molecule has 0 heterocycles. The van der Waals surface area contributed by atoms with Gasteiger partial charge in [0.25, 0.3) is 0 Å². The van der Waals surface area contributed by atoms with Crippen molar-refractivity contribution in [1.82, 2.24) is 5.32 Å². The molecule has 146 valence electrons. The predicted octanol–water partition coefficient (Wildman–Crippen LogP) is 0.508. The molecule has 0 saturated heterocycles. The summed E-state index contributed by atoms with van der Waals surface area (Å²) < 4.78 is 46.7. The maximum Gasteiger partial charge on any atom is 0.239 e. The molecular formula is C17H21N3O5S2. The zero-order valence-electron chi connectivity index (χ0n) is 14.7. The predicted molar refractivity (Wildman–Crippen MR) is 103 cm³/mol. The van der Waals surface area contributed by atoms with Crippen LogP contribution >= 0.6 is 0 Å². The van der Waals surface area contributed by atoms with Crippen LogP contribution in [0.2, 0.25) is 0 Å². The minimum absolute atomic E-state index is 0.128. The number of amides is 1. The number of sulfonamides is 1. The summed E-state index contributed by atoms with van der Waals surface area (Å²) in [6.07, 6.45) is 1.62. The van der Waals surface area contributed by atoms with Crippen molar-refractivity contribution in [2.24, 2.45) is 5.14 Å². The van der Waals surface area contributed by atoms with E-state index < -0.39 is 19.9 Å². The van der Waals surface area contributed by atoms with Gasteiger partial charge >= 0.3 is 0 Å². The molecule has 4 N–H and O–H groups in total. The number of carbonyl (C=O) groups excluding carboxylic acids is 1. The molecule has 0 radical (unpaired) electrons. The maximum absolute atomic E-state index is 12.0. The number of primary sulfonamides is 1. The lowest BCUT2D eigenvalue weighted by Gasteiger charge is -2.12. The molecule has 0 spiro atoms. The summed E-state index contributed by atoms with van der Waals surface area (Å²) in [6.45, 7) is 0.278. The average Bonchev–Trinajstić information content (AvgIpc) is 2.59. The van der Waals surface area contributed by atoms with Crippen molar-refractivity contribution in [2.45, 2.75) is 16.2 Å². The topological polar surface area (TPSA) is 135 Å². The van der Waals surface area contributed by atoms with E-state index in [1.807, 2.05) is 30.3 Å². The molecule has 0 atom stereocenters. The van der Waals surface area contributed by atoms with Gasteiger partial charge in [0.1, 0.15) is 0 Å². The van der Waals surface area contributed by atoms with Gasteiger partial charge in [0.15, 0.2) is 9.84 Å². The second-order valence-corrected chi connectivity index (χ2v) is 9.46. The standard InChI is InChI=1S/C17H21N3O5S2/c1-26(22,23)16-11-14(27(18,24)25)7-8-15(16)20-12-17(21)19-10-9-13-5-3-2-4-6-13/h2-8,11,20H,9-10,12H2,1H3,(H,19,21)(H2,18,24,25). The van der Waals surface area contributed by atoms with Crippen LogP contribution in [-0.2, 0) is 31.1 Å². The second-order valence-electron chi connectivity index (χ2n) is 5.91. The van der Waals surface area contributed by atoms with E-state index in [1.165, 1.54) is 12.1 Å². The zero-order chi connectivity index (χ0) is 20.1. The number of nitrogens with one attached hydrogen (secondary N) is 2. The van der Waals surface area contributed by atoms with Crippen LogP contribution in [0.5, 0.6) is 0 Å². The summed E-state index contributed by atoms with van der Waals surface area (Å²) >= 11 is 0. The van der Waals surface area contributed by atoms with E-state index in [-0.39, 0.29) is 27.9 Å². The Labute approximate surface area is 158 Å². The molecule has 8 nitrogen and oxygen atoms in total. The largest absolute Gasteiger partial charge is 0.375 e.